The third-order valence-electron chi connectivity index (χ3n) is 2.57. The van der Waals surface area contributed by atoms with E-state index in [2.05, 4.69) is 0 Å². The van der Waals surface area contributed by atoms with Gasteiger partial charge < -0.3 is 5.73 Å². The predicted octanol–water partition coefficient (Wildman–Crippen LogP) is 3.57. The molecule has 0 radical (unpaired) electrons. The Morgan fingerprint density at radius 2 is 1.58 bits per heavy atom. The van der Waals surface area contributed by atoms with Crippen LogP contribution in [-0.4, -0.2) is 5.78 Å². The summed E-state index contributed by atoms with van der Waals surface area (Å²) < 4.78 is 40.4. The van der Waals surface area contributed by atoms with Gasteiger partial charge in [0.25, 0.3) is 0 Å². The van der Waals surface area contributed by atoms with Gasteiger partial charge in [-0.1, -0.05) is 41.9 Å². The van der Waals surface area contributed by atoms with Gasteiger partial charge in [0.1, 0.15) is 5.02 Å². The number of ketones is 1. The van der Waals surface area contributed by atoms with Gasteiger partial charge in [-0.3, -0.25) is 4.79 Å². The topological polar surface area (TPSA) is 43.1 Å². The number of carbonyl (C=O) groups excluding carboxylic acids is 1. The van der Waals surface area contributed by atoms with Gasteiger partial charge in [-0.25, -0.2) is 13.2 Å². The van der Waals surface area contributed by atoms with E-state index in [1.807, 2.05) is 0 Å². The summed E-state index contributed by atoms with van der Waals surface area (Å²) in [5.41, 5.74) is 3.69. The number of rotatable bonds is 2. The molecule has 0 saturated carbocycles. The van der Waals surface area contributed by atoms with E-state index < -0.39 is 39.5 Å². The first-order valence-corrected chi connectivity index (χ1v) is 5.54. The molecule has 2 nitrogen and oxygen atoms in total. The maximum Gasteiger partial charge on any atom is 0.198 e. The highest BCUT2D eigenvalue weighted by Crippen LogP contribution is 2.31. The molecule has 0 fully saturated rings. The minimum atomic E-state index is -1.61. The van der Waals surface area contributed by atoms with Gasteiger partial charge in [-0.05, 0) is 0 Å². The molecular weight excluding hydrogens is 279 g/mol. The third kappa shape index (κ3) is 2.17. The summed E-state index contributed by atoms with van der Waals surface area (Å²) in [5, 5.41) is -1.09. The van der Waals surface area contributed by atoms with E-state index >= 15 is 0 Å². The lowest BCUT2D eigenvalue weighted by atomic mass is 10.0. The number of nitrogens with two attached hydrogens (primary N) is 1. The first-order valence-electron chi connectivity index (χ1n) is 5.16. The third-order valence-corrected chi connectivity index (χ3v) is 2.90. The summed E-state index contributed by atoms with van der Waals surface area (Å²) in [5.74, 6) is -5.38. The van der Waals surface area contributed by atoms with Crippen LogP contribution in [0, 0.1) is 17.5 Å². The molecular formula is C13H7ClF3NO. The fraction of sp³-hybridized carbons (Fsp3) is 0. The molecule has 0 spiro atoms. The highest BCUT2D eigenvalue weighted by atomic mass is 35.5. The molecule has 0 aromatic heterocycles. The average Bonchev–Trinajstić information content (AvgIpc) is 2.44. The Morgan fingerprint density at radius 3 is 2.16 bits per heavy atom. The number of benzene rings is 2. The van der Waals surface area contributed by atoms with Crippen LogP contribution in [0.15, 0.2) is 30.3 Å². The Hall–Kier alpha value is -2.01. The van der Waals surface area contributed by atoms with Crippen molar-refractivity contribution in [1.82, 2.24) is 0 Å². The fourth-order valence-electron chi connectivity index (χ4n) is 1.60. The van der Waals surface area contributed by atoms with Crippen molar-refractivity contribution >= 4 is 23.1 Å². The smallest absolute Gasteiger partial charge is 0.198 e. The standard InChI is InChI=1S/C13H7ClF3NO/c14-8-9(15)7(12(18)11(17)10(8)16)13(19)6-4-2-1-3-5-6/h1-5H,18H2. The van der Waals surface area contributed by atoms with Gasteiger partial charge in [0.15, 0.2) is 23.2 Å². The summed E-state index contributed by atoms with van der Waals surface area (Å²) in [6, 6.07) is 7.53. The first-order chi connectivity index (χ1) is 8.95. The van der Waals surface area contributed by atoms with Crippen molar-refractivity contribution in [2.45, 2.75) is 0 Å². The van der Waals surface area contributed by atoms with E-state index in [1.165, 1.54) is 12.1 Å². The van der Waals surface area contributed by atoms with E-state index in [9.17, 15) is 18.0 Å². The van der Waals surface area contributed by atoms with Crippen LogP contribution < -0.4 is 5.73 Å². The second-order valence-corrected chi connectivity index (χ2v) is 4.12. The molecule has 0 unspecified atom stereocenters. The van der Waals surface area contributed by atoms with Gasteiger partial charge in [0.05, 0.1) is 11.3 Å². The number of halogens is 4. The lowest BCUT2D eigenvalue weighted by molar-refractivity contribution is 0.103. The first kappa shape index (κ1) is 13.4. The Kier molecular flexibility index (Phi) is 3.48. The Bertz CT molecular complexity index is 630. The monoisotopic (exact) mass is 285 g/mol. The van der Waals surface area contributed by atoms with Crippen LogP contribution in [0.1, 0.15) is 15.9 Å². The van der Waals surface area contributed by atoms with E-state index in [0.29, 0.717) is 0 Å². The molecule has 19 heavy (non-hydrogen) atoms. The van der Waals surface area contributed by atoms with E-state index in [0.717, 1.165) is 0 Å². The largest absolute Gasteiger partial charge is 0.396 e. The zero-order valence-corrected chi connectivity index (χ0v) is 10.1. The summed E-state index contributed by atoms with van der Waals surface area (Å²) in [6.45, 7) is 0. The van der Waals surface area contributed by atoms with Crippen LogP contribution in [0.4, 0.5) is 18.9 Å². The average molecular weight is 286 g/mol. The van der Waals surface area contributed by atoms with Crippen LogP contribution in [0.25, 0.3) is 0 Å². The molecule has 0 aliphatic rings. The van der Waals surface area contributed by atoms with Crippen LogP contribution in [0.5, 0.6) is 0 Å². The van der Waals surface area contributed by atoms with Crippen molar-refractivity contribution in [3.8, 4) is 0 Å². The molecule has 98 valence electrons. The van der Waals surface area contributed by atoms with E-state index in [1.54, 1.807) is 18.2 Å². The predicted molar refractivity (Wildman–Crippen MR) is 65.6 cm³/mol. The molecule has 6 heteroatoms. The second kappa shape index (κ2) is 4.93. The van der Waals surface area contributed by atoms with Crippen LogP contribution in [0.2, 0.25) is 5.02 Å². The van der Waals surface area contributed by atoms with Crippen LogP contribution in [-0.2, 0) is 0 Å². The Balaban J connectivity index is 2.67. The summed E-state index contributed by atoms with van der Waals surface area (Å²) in [4.78, 5) is 12.0. The van der Waals surface area contributed by atoms with Crippen molar-refractivity contribution < 1.29 is 18.0 Å². The normalized spacial score (nSPS) is 10.5. The fourth-order valence-corrected chi connectivity index (χ4v) is 1.78. The minimum Gasteiger partial charge on any atom is -0.396 e. The molecule has 2 aromatic rings. The van der Waals surface area contributed by atoms with Crippen molar-refractivity contribution in [1.29, 1.82) is 0 Å². The molecule has 0 heterocycles. The van der Waals surface area contributed by atoms with Crippen LogP contribution in [0.3, 0.4) is 0 Å². The SMILES string of the molecule is Nc1c(F)c(F)c(Cl)c(F)c1C(=O)c1ccccc1. The number of hydrogen-bond acceptors (Lipinski definition) is 2. The van der Waals surface area contributed by atoms with E-state index in [4.69, 9.17) is 17.3 Å². The lowest BCUT2D eigenvalue weighted by Crippen LogP contribution is -2.12. The van der Waals surface area contributed by atoms with Gasteiger partial charge in [0, 0.05) is 5.56 Å². The Labute approximate surface area is 111 Å². The maximum atomic E-state index is 13.8. The Morgan fingerprint density at radius 1 is 1.00 bits per heavy atom. The number of anilines is 1. The van der Waals surface area contributed by atoms with Crippen LogP contribution >= 0.6 is 11.6 Å². The minimum absolute atomic E-state index is 0.0928. The summed E-state index contributed by atoms with van der Waals surface area (Å²) >= 11 is 5.29. The molecule has 0 aliphatic carbocycles. The molecule has 0 amide bonds. The highest BCUT2D eigenvalue weighted by Gasteiger charge is 2.27. The molecule has 0 bridgehead atoms. The van der Waals surface area contributed by atoms with E-state index in [-0.39, 0.29) is 5.56 Å². The van der Waals surface area contributed by atoms with Gasteiger partial charge in [-0.2, -0.15) is 0 Å². The zero-order valence-electron chi connectivity index (χ0n) is 9.38. The molecule has 0 atom stereocenters. The second-order valence-electron chi connectivity index (χ2n) is 3.74. The van der Waals surface area contributed by atoms with Crippen molar-refractivity contribution in [3.63, 3.8) is 0 Å². The number of nitrogen functional groups attached to an aromatic ring is 1. The zero-order chi connectivity index (χ0) is 14.2. The summed E-state index contributed by atoms with van der Waals surface area (Å²) in [6.07, 6.45) is 0. The summed E-state index contributed by atoms with van der Waals surface area (Å²) in [7, 11) is 0. The van der Waals surface area contributed by atoms with Gasteiger partial charge in [0.2, 0.25) is 0 Å². The van der Waals surface area contributed by atoms with Crippen molar-refractivity contribution in [2.24, 2.45) is 0 Å². The molecule has 2 N–H and O–H groups in total. The van der Waals surface area contributed by atoms with Gasteiger partial charge in [-0.15, -0.1) is 0 Å². The van der Waals surface area contributed by atoms with Crippen molar-refractivity contribution in [3.05, 3.63) is 63.9 Å². The number of carbonyl (C=O) groups is 1. The highest BCUT2D eigenvalue weighted by molar-refractivity contribution is 6.31. The van der Waals surface area contributed by atoms with Gasteiger partial charge >= 0.3 is 0 Å². The maximum absolute atomic E-state index is 13.8. The quantitative estimate of drug-likeness (QED) is 0.397. The lowest BCUT2D eigenvalue weighted by Gasteiger charge is -2.10. The van der Waals surface area contributed by atoms with Crippen molar-refractivity contribution in [2.75, 3.05) is 5.73 Å². The molecule has 2 aromatic carbocycles. The molecule has 2 rings (SSSR count). The number of hydrogen-bond donors (Lipinski definition) is 1. The molecule has 0 saturated heterocycles. The molecule has 0 aliphatic heterocycles.